The maximum Gasteiger partial charge on any atom is 0.137 e. The fraction of sp³-hybridized carbons (Fsp3) is 0.200. The molecular formula is C10H10N2O. The Morgan fingerprint density at radius 1 is 1.31 bits per heavy atom. The van der Waals surface area contributed by atoms with Crippen molar-refractivity contribution in [3.8, 4) is 11.4 Å². The molecule has 2 aromatic heterocycles. The standard InChI is InChI=1S/C10H10N2O/c1-2-8-7-10(12-13-8)9-5-3-4-6-11-9/h3-7H,2H2,1H3. The third-order valence-corrected chi connectivity index (χ3v) is 1.83. The van der Waals surface area contributed by atoms with Crippen LogP contribution in [0.4, 0.5) is 0 Å². The summed E-state index contributed by atoms with van der Waals surface area (Å²) in [4.78, 5) is 4.17. The lowest BCUT2D eigenvalue weighted by Gasteiger charge is -1.90. The van der Waals surface area contributed by atoms with Gasteiger partial charge >= 0.3 is 0 Å². The molecule has 0 amide bonds. The van der Waals surface area contributed by atoms with Gasteiger partial charge in [0.15, 0.2) is 0 Å². The molecule has 2 rings (SSSR count). The largest absolute Gasteiger partial charge is 0.361 e. The summed E-state index contributed by atoms with van der Waals surface area (Å²) in [5.74, 6) is 0.889. The van der Waals surface area contributed by atoms with Gasteiger partial charge in [0.1, 0.15) is 11.5 Å². The van der Waals surface area contributed by atoms with Gasteiger partial charge in [-0.15, -0.1) is 0 Å². The third kappa shape index (κ3) is 1.59. The molecule has 0 saturated carbocycles. The second-order valence-corrected chi connectivity index (χ2v) is 2.75. The summed E-state index contributed by atoms with van der Waals surface area (Å²) in [6.07, 6.45) is 2.61. The van der Waals surface area contributed by atoms with E-state index in [0.29, 0.717) is 0 Å². The monoisotopic (exact) mass is 174 g/mol. The zero-order valence-electron chi connectivity index (χ0n) is 7.40. The van der Waals surface area contributed by atoms with E-state index >= 15 is 0 Å². The van der Waals surface area contributed by atoms with Crippen LogP contribution in [0.15, 0.2) is 35.0 Å². The molecule has 0 bridgehead atoms. The lowest BCUT2D eigenvalue weighted by Crippen LogP contribution is -1.79. The van der Waals surface area contributed by atoms with Gasteiger partial charge in [-0.25, -0.2) is 0 Å². The first kappa shape index (κ1) is 7.98. The number of nitrogens with zero attached hydrogens (tertiary/aromatic N) is 2. The summed E-state index contributed by atoms with van der Waals surface area (Å²) in [6.45, 7) is 2.03. The quantitative estimate of drug-likeness (QED) is 0.701. The van der Waals surface area contributed by atoms with Gasteiger partial charge in [0.05, 0.1) is 5.69 Å². The van der Waals surface area contributed by atoms with Crippen molar-refractivity contribution in [3.05, 3.63) is 36.2 Å². The molecular weight excluding hydrogens is 164 g/mol. The van der Waals surface area contributed by atoms with Crippen LogP contribution in [0, 0.1) is 0 Å². The Balaban J connectivity index is 2.36. The Bertz CT molecular complexity index is 381. The van der Waals surface area contributed by atoms with Crippen molar-refractivity contribution in [2.24, 2.45) is 0 Å². The Labute approximate surface area is 76.4 Å². The topological polar surface area (TPSA) is 38.9 Å². The molecule has 66 valence electrons. The summed E-state index contributed by atoms with van der Waals surface area (Å²) >= 11 is 0. The maximum atomic E-state index is 5.08. The molecule has 0 N–H and O–H groups in total. The number of hydrogen-bond donors (Lipinski definition) is 0. The van der Waals surface area contributed by atoms with Crippen molar-refractivity contribution in [1.82, 2.24) is 10.1 Å². The van der Waals surface area contributed by atoms with Crippen molar-refractivity contribution in [3.63, 3.8) is 0 Å². The van der Waals surface area contributed by atoms with Crippen LogP contribution in [-0.4, -0.2) is 10.1 Å². The molecule has 2 heterocycles. The van der Waals surface area contributed by atoms with Crippen molar-refractivity contribution < 1.29 is 4.52 Å². The second-order valence-electron chi connectivity index (χ2n) is 2.75. The zero-order valence-corrected chi connectivity index (χ0v) is 7.40. The van der Waals surface area contributed by atoms with E-state index in [9.17, 15) is 0 Å². The summed E-state index contributed by atoms with van der Waals surface area (Å²) in [5, 5.41) is 3.92. The summed E-state index contributed by atoms with van der Waals surface area (Å²) < 4.78 is 5.08. The van der Waals surface area contributed by atoms with Gasteiger partial charge in [-0.05, 0) is 12.1 Å². The molecule has 3 heteroatoms. The Hall–Kier alpha value is -1.64. The van der Waals surface area contributed by atoms with Crippen LogP contribution in [0.25, 0.3) is 11.4 Å². The molecule has 0 saturated heterocycles. The molecule has 0 radical (unpaired) electrons. The second kappa shape index (κ2) is 3.39. The first-order chi connectivity index (χ1) is 6.40. The van der Waals surface area contributed by atoms with E-state index in [1.807, 2.05) is 31.2 Å². The van der Waals surface area contributed by atoms with E-state index < -0.39 is 0 Å². The van der Waals surface area contributed by atoms with Gasteiger partial charge in [0.2, 0.25) is 0 Å². The van der Waals surface area contributed by atoms with Gasteiger partial charge < -0.3 is 4.52 Å². The maximum absolute atomic E-state index is 5.08. The zero-order chi connectivity index (χ0) is 9.10. The normalized spacial score (nSPS) is 10.2. The van der Waals surface area contributed by atoms with Crippen molar-refractivity contribution in [1.29, 1.82) is 0 Å². The highest BCUT2D eigenvalue weighted by atomic mass is 16.5. The molecule has 0 aliphatic carbocycles. The number of aryl methyl sites for hydroxylation is 1. The first-order valence-corrected chi connectivity index (χ1v) is 4.27. The average molecular weight is 174 g/mol. The minimum absolute atomic E-state index is 0.803. The molecule has 0 unspecified atom stereocenters. The SMILES string of the molecule is CCc1cc(-c2ccccn2)no1. The van der Waals surface area contributed by atoms with Crippen LogP contribution in [0.1, 0.15) is 12.7 Å². The Kier molecular flexibility index (Phi) is 2.08. The van der Waals surface area contributed by atoms with Gasteiger partial charge in [-0.3, -0.25) is 4.98 Å². The highest BCUT2D eigenvalue weighted by Gasteiger charge is 2.04. The Morgan fingerprint density at radius 2 is 2.23 bits per heavy atom. The lowest BCUT2D eigenvalue weighted by molar-refractivity contribution is 0.389. The molecule has 13 heavy (non-hydrogen) atoms. The van der Waals surface area contributed by atoms with Crippen LogP contribution >= 0.6 is 0 Å². The van der Waals surface area contributed by atoms with Crippen LogP contribution < -0.4 is 0 Å². The minimum atomic E-state index is 0.803. The molecule has 0 spiro atoms. The van der Waals surface area contributed by atoms with E-state index in [1.54, 1.807) is 6.20 Å². The van der Waals surface area contributed by atoms with E-state index in [-0.39, 0.29) is 0 Å². The van der Waals surface area contributed by atoms with E-state index in [0.717, 1.165) is 23.6 Å². The Morgan fingerprint density at radius 3 is 2.85 bits per heavy atom. The van der Waals surface area contributed by atoms with Crippen LogP contribution in [0.3, 0.4) is 0 Å². The number of rotatable bonds is 2. The summed E-state index contributed by atoms with van der Waals surface area (Å²) in [6, 6.07) is 7.65. The van der Waals surface area contributed by atoms with Gasteiger partial charge in [0, 0.05) is 18.7 Å². The smallest absolute Gasteiger partial charge is 0.137 e. The third-order valence-electron chi connectivity index (χ3n) is 1.83. The van der Waals surface area contributed by atoms with Crippen LogP contribution in [0.5, 0.6) is 0 Å². The van der Waals surface area contributed by atoms with Crippen molar-refractivity contribution in [2.75, 3.05) is 0 Å². The predicted molar refractivity (Wildman–Crippen MR) is 49.1 cm³/mol. The van der Waals surface area contributed by atoms with Gasteiger partial charge in [0.25, 0.3) is 0 Å². The number of pyridine rings is 1. The summed E-state index contributed by atoms with van der Waals surface area (Å²) in [7, 11) is 0. The fourth-order valence-corrected chi connectivity index (χ4v) is 1.11. The highest BCUT2D eigenvalue weighted by molar-refractivity contribution is 5.52. The molecule has 3 nitrogen and oxygen atoms in total. The van der Waals surface area contributed by atoms with Crippen LogP contribution in [0.2, 0.25) is 0 Å². The minimum Gasteiger partial charge on any atom is -0.361 e. The molecule has 0 fully saturated rings. The van der Waals surface area contributed by atoms with E-state index in [4.69, 9.17) is 4.52 Å². The van der Waals surface area contributed by atoms with Crippen molar-refractivity contribution in [2.45, 2.75) is 13.3 Å². The van der Waals surface area contributed by atoms with Gasteiger partial charge in [-0.1, -0.05) is 18.1 Å². The van der Waals surface area contributed by atoms with E-state index in [1.165, 1.54) is 0 Å². The molecule has 0 atom stereocenters. The first-order valence-electron chi connectivity index (χ1n) is 4.27. The predicted octanol–water partition coefficient (Wildman–Crippen LogP) is 2.30. The van der Waals surface area contributed by atoms with Crippen LogP contribution in [-0.2, 0) is 6.42 Å². The molecule has 2 aromatic rings. The van der Waals surface area contributed by atoms with E-state index in [2.05, 4.69) is 10.1 Å². The average Bonchev–Trinajstić information content (AvgIpc) is 2.67. The lowest BCUT2D eigenvalue weighted by atomic mass is 10.2. The number of hydrogen-bond acceptors (Lipinski definition) is 3. The number of aromatic nitrogens is 2. The van der Waals surface area contributed by atoms with Crippen molar-refractivity contribution >= 4 is 0 Å². The molecule has 0 aromatic carbocycles. The summed E-state index contributed by atoms with van der Waals surface area (Å²) in [5.41, 5.74) is 1.66. The fourth-order valence-electron chi connectivity index (χ4n) is 1.11. The highest BCUT2D eigenvalue weighted by Crippen LogP contribution is 2.15. The van der Waals surface area contributed by atoms with Gasteiger partial charge in [-0.2, -0.15) is 0 Å². The molecule has 0 aliphatic rings. The molecule has 0 aliphatic heterocycles.